The average Bonchev–Trinajstić information content (AvgIpc) is 2.19. The fourth-order valence-electron chi connectivity index (χ4n) is 1.62. The smallest absolute Gasteiger partial charge is 0.0919 e. The lowest BCUT2D eigenvalue weighted by molar-refractivity contribution is 1.04. The van der Waals surface area contributed by atoms with Gasteiger partial charge >= 0.3 is 0 Å². The molecular formula is C12H14N2. The van der Waals surface area contributed by atoms with Gasteiger partial charge in [-0.25, -0.2) is 0 Å². The van der Waals surface area contributed by atoms with Crippen LogP contribution in [0.5, 0.6) is 0 Å². The minimum Gasteiger partial charge on any atom is -0.251 e. The predicted molar refractivity (Wildman–Crippen MR) is 58.4 cm³/mol. The summed E-state index contributed by atoms with van der Waals surface area (Å²) < 4.78 is 0. The Kier molecular flexibility index (Phi) is 2.20. The Bertz CT molecular complexity index is 475. The zero-order valence-electron chi connectivity index (χ0n) is 8.83. The molecule has 2 nitrogen and oxygen atoms in total. The molecule has 0 aliphatic carbocycles. The molecule has 72 valence electrons. The molecule has 2 aromatic heterocycles. The van der Waals surface area contributed by atoms with Crippen molar-refractivity contribution in [1.29, 1.82) is 0 Å². The highest BCUT2D eigenvalue weighted by Gasteiger charge is 2.02. The van der Waals surface area contributed by atoms with Gasteiger partial charge in [0, 0.05) is 11.4 Å². The summed E-state index contributed by atoms with van der Waals surface area (Å²) in [6, 6.07) is 6.17. The Morgan fingerprint density at radius 1 is 1.14 bits per heavy atom. The molecule has 0 atom stereocenters. The number of hydrogen-bond acceptors (Lipinski definition) is 2. The molecule has 0 radical (unpaired) electrons. The minimum atomic E-state index is 0.977. The van der Waals surface area contributed by atoms with E-state index < -0.39 is 0 Å². The summed E-state index contributed by atoms with van der Waals surface area (Å²) in [5, 5.41) is 0. The molecule has 0 aliphatic heterocycles. The second-order valence-corrected chi connectivity index (χ2v) is 3.60. The van der Waals surface area contributed by atoms with Crippen LogP contribution in [-0.4, -0.2) is 9.97 Å². The molecule has 0 saturated heterocycles. The van der Waals surface area contributed by atoms with E-state index in [1.807, 2.05) is 19.1 Å². The summed E-state index contributed by atoms with van der Waals surface area (Å²) in [6.07, 6.45) is 0.977. The lowest BCUT2D eigenvalue weighted by atomic mass is 10.1. The van der Waals surface area contributed by atoms with Crippen molar-refractivity contribution in [2.24, 2.45) is 0 Å². The van der Waals surface area contributed by atoms with Gasteiger partial charge in [-0.2, -0.15) is 0 Å². The van der Waals surface area contributed by atoms with Crippen molar-refractivity contribution in [1.82, 2.24) is 9.97 Å². The van der Waals surface area contributed by atoms with Crippen LogP contribution in [-0.2, 0) is 6.42 Å². The molecule has 0 unspecified atom stereocenters. The Morgan fingerprint density at radius 2 is 1.93 bits per heavy atom. The molecule has 14 heavy (non-hydrogen) atoms. The highest BCUT2D eigenvalue weighted by atomic mass is 14.8. The second kappa shape index (κ2) is 3.37. The van der Waals surface area contributed by atoms with Gasteiger partial charge in [0.2, 0.25) is 0 Å². The van der Waals surface area contributed by atoms with E-state index in [2.05, 4.69) is 29.9 Å². The number of rotatable bonds is 1. The maximum atomic E-state index is 4.53. The maximum absolute atomic E-state index is 4.53. The van der Waals surface area contributed by atoms with Gasteiger partial charge in [0.15, 0.2) is 0 Å². The van der Waals surface area contributed by atoms with E-state index in [0.29, 0.717) is 0 Å². The van der Waals surface area contributed by atoms with Crippen molar-refractivity contribution in [3.63, 3.8) is 0 Å². The van der Waals surface area contributed by atoms with Gasteiger partial charge in [-0.15, -0.1) is 0 Å². The number of nitrogens with zero attached hydrogens (tertiary/aromatic N) is 2. The van der Waals surface area contributed by atoms with Gasteiger partial charge in [0.05, 0.1) is 11.0 Å². The molecule has 0 amide bonds. The third-order valence-corrected chi connectivity index (χ3v) is 2.40. The summed E-state index contributed by atoms with van der Waals surface area (Å²) >= 11 is 0. The molecule has 2 aromatic rings. The van der Waals surface area contributed by atoms with Gasteiger partial charge in [-0.3, -0.25) is 9.97 Å². The zero-order valence-corrected chi connectivity index (χ0v) is 8.83. The Balaban J connectivity index is 2.76. The molecule has 0 N–H and O–H groups in total. The largest absolute Gasteiger partial charge is 0.251 e. The average molecular weight is 186 g/mol. The Morgan fingerprint density at radius 3 is 2.64 bits per heavy atom. The highest BCUT2D eigenvalue weighted by molar-refractivity contribution is 5.77. The fraction of sp³-hybridized carbons (Fsp3) is 0.333. The molecular weight excluding hydrogens is 172 g/mol. The molecule has 0 saturated carbocycles. The lowest BCUT2D eigenvalue weighted by Gasteiger charge is -2.04. The van der Waals surface area contributed by atoms with E-state index in [0.717, 1.165) is 28.8 Å². The first-order valence-corrected chi connectivity index (χ1v) is 4.94. The van der Waals surface area contributed by atoms with Crippen molar-refractivity contribution < 1.29 is 0 Å². The fourth-order valence-corrected chi connectivity index (χ4v) is 1.62. The van der Waals surface area contributed by atoms with Crippen LogP contribution < -0.4 is 0 Å². The van der Waals surface area contributed by atoms with E-state index in [1.54, 1.807) is 0 Å². The zero-order chi connectivity index (χ0) is 10.1. The van der Waals surface area contributed by atoms with Crippen LogP contribution in [0.25, 0.3) is 11.0 Å². The van der Waals surface area contributed by atoms with Gasteiger partial charge in [-0.05, 0) is 44.0 Å². The minimum absolute atomic E-state index is 0.977. The number of aromatic nitrogens is 2. The highest BCUT2D eigenvalue weighted by Crippen LogP contribution is 2.16. The first-order valence-electron chi connectivity index (χ1n) is 4.94. The quantitative estimate of drug-likeness (QED) is 0.684. The van der Waals surface area contributed by atoms with Crippen LogP contribution in [0.3, 0.4) is 0 Å². The van der Waals surface area contributed by atoms with Gasteiger partial charge in [0.25, 0.3) is 0 Å². The van der Waals surface area contributed by atoms with Crippen LogP contribution in [0.15, 0.2) is 18.2 Å². The summed E-state index contributed by atoms with van der Waals surface area (Å²) in [5.41, 5.74) is 5.44. The number of pyridine rings is 2. The molecule has 2 heteroatoms. The first-order chi connectivity index (χ1) is 6.70. The van der Waals surface area contributed by atoms with Crippen LogP contribution in [0.1, 0.15) is 23.9 Å². The molecule has 0 bridgehead atoms. The summed E-state index contributed by atoms with van der Waals surface area (Å²) in [7, 11) is 0. The molecule has 0 spiro atoms. The normalized spacial score (nSPS) is 10.8. The molecule has 0 fully saturated rings. The summed E-state index contributed by atoms with van der Waals surface area (Å²) in [5.74, 6) is 0. The van der Waals surface area contributed by atoms with Crippen molar-refractivity contribution >= 4 is 11.0 Å². The van der Waals surface area contributed by atoms with E-state index in [4.69, 9.17) is 0 Å². The van der Waals surface area contributed by atoms with E-state index in [-0.39, 0.29) is 0 Å². The van der Waals surface area contributed by atoms with Gasteiger partial charge < -0.3 is 0 Å². The number of hydrogen-bond donors (Lipinski definition) is 0. The molecule has 2 heterocycles. The standard InChI is InChI=1S/C12H14N2/c1-4-10-7-8(2)12-11(14-10)6-5-9(3)13-12/h5-7H,4H2,1-3H3. The van der Waals surface area contributed by atoms with Crippen LogP contribution in [0, 0.1) is 13.8 Å². The number of fused-ring (bicyclic) bond motifs is 1. The lowest BCUT2D eigenvalue weighted by Crippen LogP contribution is -1.94. The van der Waals surface area contributed by atoms with E-state index in [9.17, 15) is 0 Å². The molecule has 0 aliphatic rings. The molecule has 0 aromatic carbocycles. The number of aryl methyl sites for hydroxylation is 3. The third kappa shape index (κ3) is 1.48. The summed E-state index contributed by atoms with van der Waals surface area (Å²) in [6.45, 7) is 6.22. The van der Waals surface area contributed by atoms with Crippen LogP contribution in [0.4, 0.5) is 0 Å². The monoisotopic (exact) mass is 186 g/mol. The maximum Gasteiger partial charge on any atom is 0.0919 e. The van der Waals surface area contributed by atoms with Crippen LogP contribution in [0.2, 0.25) is 0 Å². The molecule has 2 rings (SSSR count). The van der Waals surface area contributed by atoms with Crippen molar-refractivity contribution in [2.75, 3.05) is 0 Å². The third-order valence-electron chi connectivity index (χ3n) is 2.40. The Hall–Kier alpha value is -1.44. The van der Waals surface area contributed by atoms with Gasteiger partial charge in [-0.1, -0.05) is 6.92 Å². The van der Waals surface area contributed by atoms with E-state index in [1.165, 1.54) is 5.56 Å². The first kappa shape index (κ1) is 9.13. The van der Waals surface area contributed by atoms with Gasteiger partial charge in [0.1, 0.15) is 0 Å². The van der Waals surface area contributed by atoms with Crippen molar-refractivity contribution in [3.05, 3.63) is 35.2 Å². The SMILES string of the molecule is CCc1cc(C)c2nc(C)ccc2n1. The van der Waals surface area contributed by atoms with Crippen LogP contribution >= 0.6 is 0 Å². The van der Waals surface area contributed by atoms with Crippen molar-refractivity contribution in [3.8, 4) is 0 Å². The van der Waals surface area contributed by atoms with Crippen molar-refractivity contribution in [2.45, 2.75) is 27.2 Å². The Labute approximate surface area is 84.0 Å². The topological polar surface area (TPSA) is 25.8 Å². The van der Waals surface area contributed by atoms with E-state index >= 15 is 0 Å². The second-order valence-electron chi connectivity index (χ2n) is 3.60. The predicted octanol–water partition coefficient (Wildman–Crippen LogP) is 2.81. The summed E-state index contributed by atoms with van der Waals surface area (Å²) in [4.78, 5) is 9.02.